The van der Waals surface area contributed by atoms with Crippen LogP contribution in [-0.4, -0.2) is 72.9 Å². The fourth-order valence-corrected chi connectivity index (χ4v) is 3.29. The van der Waals surface area contributed by atoms with Crippen molar-refractivity contribution in [2.45, 2.75) is 26.8 Å². The number of hydrogen-bond acceptors (Lipinski definition) is 4. The molecule has 3 amide bonds. The molecule has 0 saturated heterocycles. The number of urea groups is 1. The Kier molecular flexibility index (Phi) is 10.8. The first-order valence-corrected chi connectivity index (χ1v) is 11.0. The highest BCUT2D eigenvalue weighted by Crippen LogP contribution is 2.12. The second-order valence-electron chi connectivity index (χ2n) is 7.69. The van der Waals surface area contributed by atoms with E-state index < -0.39 is 0 Å². The quantitative estimate of drug-likeness (QED) is 0.481. The van der Waals surface area contributed by atoms with Crippen molar-refractivity contribution in [3.8, 4) is 0 Å². The van der Waals surface area contributed by atoms with Crippen molar-refractivity contribution >= 4 is 17.6 Å². The second-order valence-corrected chi connectivity index (χ2v) is 7.69. The standard InChI is InChI=1S/C24H36N4O4/c1-5-32-15-8-13-28(24(30)25-21-10-6-9-20(2)17-21)19-23(29)27(14-16-31-4)18-22-11-7-12-26(22)3/h6-7,9-12,17H,5,8,13-16,18-19H2,1-4H3,(H,25,30). The first kappa shape index (κ1) is 25.4. The Morgan fingerprint density at radius 1 is 1.09 bits per heavy atom. The number of aromatic nitrogens is 1. The Morgan fingerprint density at radius 3 is 2.56 bits per heavy atom. The number of aryl methyl sites for hydroxylation is 2. The zero-order chi connectivity index (χ0) is 23.3. The molecular weight excluding hydrogens is 408 g/mol. The summed E-state index contributed by atoms with van der Waals surface area (Å²) in [6.07, 6.45) is 2.60. The number of benzene rings is 1. The molecule has 176 valence electrons. The monoisotopic (exact) mass is 444 g/mol. The van der Waals surface area contributed by atoms with Gasteiger partial charge in [-0.1, -0.05) is 12.1 Å². The average molecular weight is 445 g/mol. The Morgan fingerprint density at radius 2 is 1.91 bits per heavy atom. The lowest BCUT2D eigenvalue weighted by molar-refractivity contribution is -0.133. The molecule has 32 heavy (non-hydrogen) atoms. The lowest BCUT2D eigenvalue weighted by Gasteiger charge is -2.28. The summed E-state index contributed by atoms with van der Waals surface area (Å²) < 4.78 is 12.6. The largest absolute Gasteiger partial charge is 0.383 e. The van der Waals surface area contributed by atoms with E-state index in [0.717, 1.165) is 11.3 Å². The van der Waals surface area contributed by atoms with E-state index in [0.29, 0.717) is 51.6 Å². The summed E-state index contributed by atoms with van der Waals surface area (Å²) in [5.41, 5.74) is 2.77. The number of anilines is 1. The number of rotatable bonds is 13. The van der Waals surface area contributed by atoms with Crippen molar-refractivity contribution in [3.63, 3.8) is 0 Å². The van der Waals surface area contributed by atoms with Gasteiger partial charge in [0.05, 0.1) is 13.2 Å². The van der Waals surface area contributed by atoms with Crippen molar-refractivity contribution < 1.29 is 19.1 Å². The van der Waals surface area contributed by atoms with E-state index in [4.69, 9.17) is 9.47 Å². The van der Waals surface area contributed by atoms with Crippen LogP contribution in [0.4, 0.5) is 10.5 Å². The molecule has 0 radical (unpaired) electrons. The van der Waals surface area contributed by atoms with Crippen LogP contribution in [0.2, 0.25) is 0 Å². The number of ether oxygens (including phenoxy) is 2. The average Bonchev–Trinajstić information content (AvgIpc) is 3.17. The van der Waals surface area contributed by atoms with E-state index in [1.165, 1.54) is 0 Å². The smallest absolute Gasteiger partial charge is 0.322 e. The summed E-state index contributed by atoms with van der Waals surface area (Å²) in [6.45, 7) is 6.80. The van der Waals surface area contributed by atoms with E-state index >= 15 is 0 Å². The minimum absolute atomic E-state index is 0.0160. The predicted molar refractivity (Wildman–Crippen MR) is 126 cm³/mol. The van der Waals surface area contributed by atoms with Gasteiger partial charge in [0.1, 0.15) is 6.54 Å². The van der Waals surface area contributed by atoms with Crippen LogP contribution in [0.25, 0.3) is 0 Å². The molecular formula is C24H36N4O4. The summed E-state index contributed by atoms with van der Waals surface area (Å²) in [4.78, 5) is 29.5. The van der Waals surface area contributed by atoms with Gasteiger partial charge in [-0.3, -0.25) is 4.79 Å². The van der Waals surface area contributed by atoms with Crippen LogP contribution < -0.4 is 5.32 Å². The Bertz CT molecular complexity index is 852. The molecule has 0 aliphatic heterocycles. The van der Waals surface area contributed by atoms with Crippen molar-refractivity contribution in [1.29, 1.82) is 0 Å². The van der Waals surface area contributed by atoms with Crippen LogP contribution in [0.15, 0.2) is 42.6 Å². The summed E-state index contributed by atoms with van der Waals surface area (Å²) in [5.74, 6) is -0.126. The second kappa shape index (κ2) is 13.5. The van der Waals surface area contributed by atoms with Gasteiger partial charge in [-0.25, -0.2) is 4.79 Å². The third kappa shape index (κ3) is 8.36. The van der Waals surface area contributed by atoms with Crippen LogP contribution in [-0.2, 0) is 27.9 Å². The fourth-order valence-electron chi connectivity index (χ4n) is 3.29. The van der Waals surface area contributed by atoms with Crippen molar-refractivity contribution in [2.24, 2.45) is 7.05 Å². The Balaban J connectivity index is 2.10. The molecule has 0 bridgehead atoms. The molecule has 0 saturated carbocycles. The first-order valence-electron chi connectivity index (χ1n) is 11.0. The first-order chi connectivity index (χ1) is 15.4. The van der Waals surface area contributed by atoms with Gasteiger partial charge in [0.2, 0.25) is 5.91 Å². The van der Waals surface area contributed by atoms with E-state index in [1.54, 1.807) is 16.9 Å². The van der Waals surface area contributed by atoms with Crippen LogP contribution in [0.1, 0.15) is 24.6 Å². The summed E-state index contributed by atoms with van der Waals surface area (Å²) in [7, 11) is 3.56. The molecule has 2 rings (SSSR count). The van der Waals surface area contributed by atoms with Crippen molar-refractivity contribution in [1.82, 2.24) is 14.4 Å². The van der Waals surface area contributed by atoms with Gasteiger partial charge < -0.3 is 29.2 Å². The number of hydrogen-bond donors (Lipinski definition) is 1. The molecule has 0 unspecified atom stereocenters. The Hall–Kier alpha value is -2.84. The van der Waals surface area contributed by atoms with Crippen molar-refractivity contribution in [2.75, 3.05) is 51.9 Å². The molecule has 0 aliphatic carbocycles. The third-order valence-electron chi connectivity index (χ3n) is 5.13. The van der Waals surface area contributed by atoms with Crippen LogP contribution in [0.3, 0.4) is 0 Å². The number of nitrogens with zero attached hydrogens (tertiary/aromatic N) is 3. The van der Waals surface area contributed by atoms with Gasteiger partial charge in [-0.15, -0.1) is 0 Å². The van der Waals surface area contributed by atoms with Gasteiger partial charge in [0.15, 0.2) is 0 Å². The maximum Gasteiger partial charge on any atom is 0.322 e. The predicted octanol–water partition coefficient (Wildman–Crippen LogP) is 3.27. The lowest BCUT2D eigenvalue weighted by atomic mass is 10.2. The van der Waals surface area contributed by atoms with E-state index in [1.807, 2.05) is 68.1 Å². The van der Waals surface area contributed by atoms with E-state index in [9.17, 15) is 9.59 Å². The van der Waals surface area contributed by atoms with Crippen molar-refractivity contribution in [3.05, 3.63) is 53.9 Å². The van der Waals surface area contributed by atoms with Gasteiger partial charge in [0, 0.05) is 58.0 Å². The fraction of sp³-hybridized carbons (Fsp3) is 0.500. The van der Waals surface area contributed by atoms with E-state index in [-0.39, 0.29) is 18.5 Å². The minimum Gasteiger partial charge on any atom is -0.383 e. The van der Waals surface area contributed by atoms with Gasteiger partial charge in [-0.05, 0) is 50.1 Å². The van der Waals surface area contributed by atoms with Crippen LogP contribution >= 0.6 is 0 Å². The summed E-state index contributed by atoms with van der Waals surface area (Å²) in [5, 5.41) is 2.91. The maximum atomic E-state index is 13.2. The molecule has 0 spiro atoms. The van der Waals surface area contributed by atoms with E-state index in [2.05, 4.69) is 5.32 Å². The number of carbonyl (C=O) groups is 2. The third-order valence-corrected chi connectivity index (χ3v) is 5.13. The highest BCUT2D eigenvalue weighted by atomic mass is 16.5. The molecule has 2 aromatic rings. The van der Waals surface area contributed by atoms with Gasteiger partial charge in [-0.2, -0.15) is 0 Å². The summed E-state index contributed by atoms with van der Waals surface area (Å²) in [6, 6.07) is 11.2. The zero-order valence-electron chi connectivity index (χ0n) is 19.7. The molecule has 0 fully saturated rings. The van der Waals surface area contributed by atoms with Crippen LogP contribution in [0.5, 0.6) is 0 Å². The molecule has 1 heterocycles. The Labute approximate surface area is 191 Å². The molecule has 0 atom stereocenters. The number of carbonyl (C=O) groups excluding carboxylic acids is 2. The highest BCUT2D eigenvalue weighted by Gasteiger charge is 2.22. The molecule has 8 heteroatoms. The molecule has 1 aromatic heterocycles. The minimum atomic E-state index is -0.300. The summed E-state index contributed by atoms with van der Waals surface area (Å²) >= 11 is 0. The number of nitrogens with one attached hydrogen (secondary N) is 1. The lowest BCUT2D eigenvalue weighted by Crippen LogP contribution is -2.45. The topological polar surface area (TPSA) is 76.0 Å². The number of amides is 3. The molecule has 0 aliphatic rings. The normalized spacial score (nSPS) is 10.8. The van der Waals surface area contributed by atoms with Crippen LogP contribution in [0, 0.1) is 6.92 Å². The zero-order valence-corrected chi connectivity index (χ0v) is 19.7. The van der Waals surface area contributed by atoms with Gasteiger partial charge >= 0.3 is 6.03 Å². The molecule has 8 nitrogen and oxygen atoms in total. The highest BCUT2D eigenvalue weighted by molar-refractivity contribution is 5.92. The number of methoxy groups -OCH3 is 1. The molecule has 1 N–H and O–H groups in total. The van der Waals surface area contributed by atoms with Gasteiger partial charge in [0.25, 0.3) is 0 Å². The maximum absolute atomic E-state index is 13.2. The SMILES string of the molecule is CCOCCCN(CC(=O)N(CCOC)Cc1cccn1C)C(=O)Nc1cccc(C)c1. The molecule has 1 aromatic carbocycles.